The van der Waals surface area contributed by atoms with Crippen LogP contribution >= 0.6 is 0 Å². The van der Waals surface area contributed by atoms with Crippen LogP contribution in [-0.4, -0.2) is 30.3 Å². The molecule has 2 fully saturated rings. The number of methoxy groups -OCH3 is 1. The van der Waals surface area contributed by atoms with Gasteiger partial charge in [-0.2, -0.15) is 5.10 Å². The zero-order valence-corrected chi connectivity index (χ0v) is 16.1. The van der Waals surface area contributed by atoms with E-state index in [-0.39, 0.29) is 28.9 Å². The molecule has 3 rings (SSSR count). The van der Waals surface area contributed by atoms with Crippen LogP contribution in [0.25, 0.3) is 0 Å². The number of hydrogen-bond acceptors (Lipinski definition) is 6. The Bertz CT molecular complexity index is 805. The quantitative estimate of drug-likeness (QED) is 0.607. The number of nitrogens with one attached hydrogen (secondary N) is 1. The maximum absolute atomic E-state index is 12.1. The van der Waals surface area contributed by atoms with Gasteiger partial charge in [-0.3, -0.25) is 14.9 Å². The van der Waals surface area contributed by atoms with Crippen molar-refractivity contribution < 1.29 is 19.2 Å². The number of amides is 1. The molecule has 2 bridgehead atoms. The molecule has 0 heterocycles. The van der Waals surface area contributed by atoms with Crippen molar-refractivity contribution in [2.24, 2.45) is 21.8 Å². The van der Waals surface area contributed by atoms with Gasteiger partial charge in [-0.1, -0.05) is 20.8 Å². The minimum Gasteiger partial charge on any atom is -0.496 e. The summed E-state index contributed by atoms with van der Waals surface area (Å²) in [5.74, 6) is 0.502. The Balaban J connectivity index is 1.62. The molecule has 2 atom stereocenters. The molecular formula is C19H25N3O5. The first-order valence-corrected chi connectivity index (χ1v) is 9.00. The SMILES string of the molecule is COc1ccc(OCC(=O)N/N=C2/CC3CCC2(C)C3(C)C)c([N+](=O)[O-])c1. The predicted molar refractivity (Wildman–Crippen MR) is 100.0 cm³/mol. The molecule has 8 nitrogen and oxygen atoms in total. The van der Waals surface area contributed by atoms with Crippen molar-refractivity contribution in [3.05, 3.63) is 28.3 Å². The number of hydrazone groups is 1. The van der Waals surface area contributed by atoms with E-state index < -0.39 is 10.8 Å². The highest BCUT2D eigenvalue weighted by Crippen LogP contribution is 2.63. The Morgan fingerprint density at radius 3 is 2.70 bits per heavy atom. The molecule has 0 aliphatic heterocycles. The minimum atomic E-state index is -0.575. The Hall–Kier alpha value is -2.64. The topological polar surface area (TPSA) is 103 Å². The van der Waals surface area contributed by atoms with Crippen LogP contribution < -0.4 is 14.9 Å². The van der Waals surface area contributed by atoms with Crippen LogP contribution in [0.4, 0.5) is 5.69 Å². The fourth-order valence-corrected chi connectivity index (χ4v) is 4.29. The van der Waals surface area contributed by atoms with Crippen LogP contribution in [-0.2, 0) is 4.79 Å². The minimum absolute atomic E-state index is 0.000569. The van der Waals surface area contributed by atoms with Gasteiger partial charge in [0.15, 0.2) is 12.4 Å². The second-order valence-corrected chi connectivity index (χ2v) is 7.97. The summed E-state index contributed by atoms with van der Waals surface area (Å²) >= 11 is 0. The molecule has 2 saturated carbocycles. The van der Waals surface area contributed by atoms with Crippen molar-refractivity contribution in [2.45, 2.75) is 40.0 Å². The summed E-state index contributed by atoms with van der Waals surface area (Å²) in [6.45, 7) is 6.39. The van der Waals surface area contributed by atoms with E-state index in [0.717, 1.165) is 18.6 Å². The molecule has 1 N–H and O–H groups in total. The summed E-state index contributed by atoms with van der Waals surface area (Å²) < 4.78 is 10.3. The zero-order valence-electron chi connectivity index (χ0n) is 16.1. The standard InChI is InChI=1S/C19H25N3O5/c1-18(2)12-7-8-19(18,3)16(9-12)20-21-17(23)11-27-15-6-5-13(26-4)10-14(15)22(24)25/h5-6,10,12H,7-9,11H2,1-4H3,(H,21,23)/b20-16-. The summed E-state index contributed by atoms with van der Waals surface area (Å²) in [5.41, 5.74) is 3.49. The number of benzene rings is 1. The summed E-state index contributed by atoms with van der Waals surface area (Å²) in [5, 5.41) is 15.5. The number of nitrogens with zero attached hydrogens (tertiary/aromatic N) is 2. The average molecular weight is 375 g/mol. The van der Waals surface area contributed by atoms with Gasteiger partial charge in [0.05, 0.1) is 18.1 Å². The highest BCUT2D eigenvalue weighted by Gasteiger charge is 2.60. The number of nitro groups is 1. The molecule has 0 radical (unpaired) electrons. The van der Waals surface area contributed by atoms with E-state index in [1.165, 1.54) is 25.7 Å². The van der Waals surface area contributed by atoms with Crippen molar-refractivity contribution in [3.63, 3.8) is 0 Å². The number of carbonyl (C=O) groups excluding carboxylic acids is 1. The third kappa shape index (κ3) is 3.24. The molecule has 0 saturated heterocycles. The van der Waals surface area contributed by atoms with Gasteiger partial charge < -0.3 is 9.47 Å². The molecule has 8 heteroatoms. The Morgan fingerprint density at radius 1 is 1.41 bits per heavy atom. The maximum atomic E-state index is 12.1. The molecule has 1 aromatic rings. The van der Waals surface area contributed by atoms with E-state index in [1.54, 1.807) is 6.07 Å². The molecule has 2 aliphatic carbocycles. The number of fused-ring (bicyclic) bond motifs is 2. The lowest BCUT2D eigenvalue weighted by Gasteiger charge is -2.34. The van der Waals surface area contributed by atoms with Crippen LogP contribution in [0.3, 0.4) is 0 Å². The molecular weight excluding hydrogens is 350 g/mol. The third-order valence-electron chi connectivity index (χ3n) is 6.55. The summed E-state index contributed by atoms with van der Waals surface area (Å²) in [7, 11) is 1.42. The number of carbonyl (C=O) groups is 1. The molecule has 2 aliphatic rings. The maximum Gasteiger partial charge on any atom is 0.314 e. The molecule has 0 aromatic heterocycles. The summed E-state index contributed by atoms with van der Waals surface area (Å²) in [6.07, 6.45) is 3.17. The van der Waals surface area contributed by atoms with E-state index >= 15 is 0 Å². The first-order chi connectivity index (χ1) is 12.7. The summed E-state index contributed by atoms with van der Waals surface area (Å²) in [6, 6.07) is 4.21. The van der Waals surface area contributed by atoms with E-state index in [0.29, 0.717) is 11.7 Å². The third-order valence-corrected chi connectivity index (χ3v) is 6.55. The fourth-order valence-electron chi connectivity index (χ4n) is 4.29. The highest BCUT2D eigenvalue weighted by molar-refractivity contribution is 5.95. The van der Waals surface area contributed by atoms with Gasteiger partial charge in [0, 0.05) is 11.1 Å². The smallest absolute Gasteiger partial charge is 0.314 e. The first-order valence-electron chi connectivity index (χ1n) is 9.00. The van der Waals surface area contributed by atoms with Gasteiger partial charge in [0.25, 0.3) is 5.91 Å². The van der Waals surface area contributed by atoms with E-state index in [2.05, 4.69) is 31.3 Å². The van der Waals surface area contributed by atoms with Gasteiger partial charge in [0.2, 0.25) is 0 Å². The van der Waals surface area contributed by atoms with Crippen molar-refractivity contribution in [1.82, 2.24) is 5.43 Å². The average Bonchev–Trinajstić information content (AvgIpc) is 2.97. The normalized spacial score (nSPS) is 26.8. The van der Waals surface area contributed by atoms with Gasteiger partial charge in [-0.15, -0.1) is 0 Å². The Kier molecular flexibility index (Phi) is 4.84. The predicted octanol–water partition coefficient (Wildman–Crippen LogP) is 3.30. The first kappa shape index (κ1) is 19.1. The molecule has 1 aromatic carbocycles. The van der Waals surface area contributed by atoms with E-state index in [9.17, 15) is 14.9 Å². The lowest BCUT2D eigenvalue weighted by Crippen LogP contribution is -2.35. The molecule has 27 heavy (non-hydrogen) atoms. The second kappa shape index (κ2) is 6.83. The lowest BCUT2D eigenvalue weighted by molar-refractivity contribution is -0.385. The number of rotatable bonds is 6. The zero-order chi connectivity index (χ0) is 19.8. The summed E-state index contributed by atoms with van der Waals surface area (Å²) in [4.78, 5) is 22.7. The monoisotopic (exact) mass is 375 g/mol. The van der Waals surface area contributed by atoms with Crippen LogP contribution in [0.5, 0.6) is 11.5 Å². The van der Waals surface area contributed by atoms with E-state index in [4.69, 9.17) is 9.47 Å². The molecule has 0 spiro atoms. The van der Waals surface area contributed by atoms with Crippen molar-refractivity contribution in [1.29, 1.82) is 0 Å². The Morgan fingerprint density at radius 2 is 2.15 bits per heavy atom. The van der Waals surface area contributed by atoms with Gasteiger partial charge in [-0.05, 0) is 42.7 Å². The molecule has 146 valence electrons. The number of ether oxygens (including phenoxy) is 2. The Labute approximate surface area is 158 Å². The van der Waals surface area contributed by atoms with Crippen LogP contribution in [0.15, 0.2) is 23.3 Å². The second-order valence-electron chi connectivity index (χ2n) is 7.97. The van der Waals surface area contributed by atoms with Crippen LogP contribution in [0, 0.1) is 26.9 Å². The highest BCUT2D eigenvalue weighted by atomic mass is 16.6. The van der Waals surface area contributed by atoms with E-state index in [1.807, 2.05) is 0 Å². The fraction of sp³-hybridized carbons (Fsp3) is 0.579. The van der Waals surface area contributed by atoms with Crippen molar-refractivity contribution in [2.75, 3.05) is 13.7 Å². The lowest BCUT2D eigenvalue weighted by atomic mass is 9.70. The van der Waals surface area contributed by atoms with Crippen LogP contribution in [0.1, 0.15) is 40.0 Å². The number of nitro benzene ring substituents is 1. The van der Waals surface area contributed by atoms with Crippen LogP contribution in [0.2, 0.25) is 0 Å². The molecule has 2 unspecified atom stereocenters. The van der Waals surface area contributed by atoms with Gasteiger partial charge in [-0.25, -0.2) is 5.43 Å². The van der Waals surface area contributed by atoms with Crippen molar-refractivity contribution >= 4 is 17.3 Å². The number of hydrogen-bond donors (Lipinski definition) is 1. The molecule has 1 amide bonds. The van der Waals surface area contributed by atoms with Gasteiger partial charge in [0.1, 0.15) is 5.75 Å². The van der Waals surface area contributed by atoms with Crippen molar-refractivity contribution in [3.8, 4) is 11.5 Å². The van der Waals surface area contributed by atoms with Gasteiger partial charge >= 0.3 is 5.69 Å². The largest absolute Gasteiger partial charge is 0.496 e.